The van der Waals surface area contributed by atoms with E-state index < -0.39 is 19.0 Å². The summed E-state index contributed by atoms with van der Waals surface area (Å²) in [5.74, 6) is -1.56. The van der Waals surface area contributed by atoms with Gasteiger partial charge in [0.05, 0.1) is 0 Å². The minimum atomic E-state index is -7.91. The van der Waals surface area contributed by atoms with Crippen LogP contribution < -0.4 is 5.30 Å². The van der Waals surface area contributed by atoms with E-state index in [1.807, 2.05) is 0 Å². The molecule has 0 saturated heterocycles. The average molecular weight is 202 g/mol. The van der Waals surface area contributed by atoms with E-state index in [1.54, 1.807) is 0 Å². The van der Waals surface area contributed by atoms with Gasteiger partial charge < -0.3 is 0 Å². The first-order valence-electron chi connectivity index (χ1n) is 2.92. The Balaban J connectivity index is 3.30. The fourth-order valence-electron chi connectivity index (χ4n) is 0.726. The van der Waals surface area contributed by atoms with Crippen LogP contribution in [0.25, 0.3) is 0 Å². The molecule has 0 radical (unpaired) electrons. The number of benzene rings is 1. The van der Waals surface area contributed by atoms with Gasteiger partial charge in [-0.25, -0.2) is 0 Å². The Labute approximate surface area is 65.4 Å². The van der Waals surface area contributed by atoms with Crippen molar-refractivity contribution in [1.29, 1.82) is 0 Å². The molecule has 1 rings (SSSR count). The number of rotatable bonds is 1. The van der Waals surface area contributed by atoms with E-state index in [9.17, 15) is 21.2 Å². The van der Waals surface area contributed by atoms with Gasteiger partial charge in [0.15, 0.2) is 0 Å². The summed E-state index contributed by atoms with van der Waals surface area (Å²) in [5, 5.41) is -1.77. The molecule has 0 amide bonds. The van der Waals surface area contributed by atoms with Crippen molar-refractivity contribution in [2.75, 3.05) is 0 Å². The minimum absolute atomic E-state index is 0.396. The van der Waals surface area contributed by atoms with Crippen molar-refractivity contribution >= 4 is 13.2 Å². The topological polar surface area (TPSA) is 0 Å². The molecule has 0 N–H and O–H groups in total. The molecule has 68 valence electrons. The first-order valence-corrected chi connectivity index (χ1v) is 4.72. The van der Waals surface area contributed by atoms with Crippen molar-refractivity contribution in [1.82, 2.24) is 0 Å². The Bertz CT molecular complexity index is 293. The summed E-state index contributed by atoms with van der Waals surface area (Å²) in [7, 11) is -7.91. The molecule has 0 bridgehead atoms. The van der Waals surface area contributed by atoms with Crippen molar-refractivity contribution in [3.63, 3.8) is 0 Å². The zero-order chi connectivity index (χ0) is 9.43. The predicted octanol–water partition coefficient (Wildman–Crippen LogP) is 3.54. The molecule has 0 nitrogen and oxygen atoms in total. The molecule has 6 heteroatoms. The van der Waals surface area contributed by atoms with Gasteiger partial charge in [-0.1, -0.05) is 0 Å². The van der Waals surface area contributed by atoms with Crippen LogP contribution in [0, 0.1) is 5.82 Å². The third kappa shape index (κ3) is 1.91. The van der Waals surface area contributed by atoms with E-state index in [2.05, 4.69) is 0 Å². The van der Waals surface area contributed by atoms with E-state index in [4.69, 9.17) is 0 Å². The summed E-state index contributed by atoms with van der Waals surface area (Å²) in [6.07, 6.45) is 0. The second kappa shape index (κ2) is 2.39. The Morgan fingerprint density at radius 3 is 1.75 bits per heavy atom. The van der Waals surface area contributed by atoms with E-state index >= 15 is 0 Å². The maximum absolute atomic E-state index is 12.4. The van der Waals surface area contributed by atoms with Crippen LogP contribution in [0.2, 0.25) is 0 Å². The molecule has 1 aromatic rings. The Morgan fingerprint density at radius 1 is 0.917 bits per heavy atom. The molecule has 0 aliphatic heterocycles. The van der Waals surface area contributed by atoms with Gasteiger partial charge in [0, 0.05) is 0 Å². The first kappa shape index (κ1) is 9.39. The fourth-order valence-corrected chi connectivity index (χ4v) is 1.43. The quantitative estimate of drug-likeness (QED) is 0.482. The molecule has 0 heterocycles. The first-order chi connectivity index (χ1) is 5.27. The molecular weight excluding hydrogens is 198 g/mol. The summed E-state index contributed by atoms with van der Waals surface area (Å²) < 4.78 is 60.2. The Morgan fingerprint density at radius 2 is 1.42 bits per heavy atom. The molecular formula is C6H4F5P. The number of halogens is 5. The van der Waals surface area contributed by atoms with Crippen molar-refractivity contribution in [3.05, 3.63) is 30.1 Å². The average Bonchev–Trinajstić information content (AvgIpc) is 1.84. The van der Waals surface area contributed by atoms with E-state index in [1.165, 1.54) is 0 Å². The van der Waals surface area contributed by atoms with E-state index in [-0.39, 0.29) is 0 Å². The summed E-state index contributed by atoms with van der Waals surface area (Å²) >= 11 is 0. The predicted molar refractivity (Wildman–Crippen MR) is 37.4 cm³/mol. The Hall–Kier alpha value is -0.700. The van der Waals surface area contributed by atoms with Crippen molar-refractivity contribution in [2.24, 2.45) is 0 Å². The molecule has 0 saturated carbocycles. The monoisotopic (exact) mass is 202 g/mol. The second-order valence-electron chi connectivity index (χ2n) is 2.17. The molecule has 12 heavy (non-hydrogen) atoms. The van der Waals surface area contributed by atoms with Gasteiger partial charge >= 0.3 is 64.4 Å². The third-order valence-corrected chi connectivity index (χ3v) is 2.31. The number of hydrogen-bond donors (Lipinski definition) is 0. The van der Waals surface area contributed by atoms with Crippen LogP contribution >= 0.6 is 7.85 Å². The molecule has 0 spiro atoms. The van der Waals surface area contributed by atoms with Crippen LogP contribution in [0.5, 0.6) is 0 Å². The van der Waals surface area contributed by atoms with Gasteiger partial charge in [0.25, 0.3) is 0 Å². The Kier molecular flexibility index (Phi) is 1.87. The molecule has 0 aromatic heterocycles. The van der Waals surface area contributed by atoms with Crippen LogP contribution in [0.1, 0.15) is 0 Å². The van der Waals surface area contributed by atoms with Gasteiger partial charge in [-0.15, -0.1) is 0 Å². The maximum atomic E-state index is 12.4. The van der Waals surface area contributed by atoms with Crippen LogP contribution in [0.15, 0.2) is 24.3 Å². The molecule has 0 unspecified atom stereocenters. The van der Waals surface area contributed by atoms with Gasteiger partial charge in [-0.05, 0) is 0 Å². The third-order valence-electron chi connectivity index (χ3n) is 1.22. The zero-order valence-electron chi connectivity index (χ0n) is 5.65. The number of hydrogen-bond acceptors (Lipinski definition) is 0. The molecule has 0 aliphatic rings. The van der Waals surface area contributed by atoms with Crippen molar-refractivity contribution < 1.29 is 21.2 Å². The van der Waals surface area contributed by atoms with Gasteiger partial charge in [0.2, 0.25) is 0 Å². The van der Waals surface area contributed by atoms with Crippen LogP contribution in [-0.2, 0) is 0 Å². The molecule has 0 aliphatic carbocycles. The van der Waals surface area contributed by atoms with E-state index in [0.717, 1.165) is 12.1 Å². The molecule has 0 fully saturated rings. The van der Waals surface area contributed by atoms with Crippen LogP contribution in [0.3, 0.4) is 0 Å². The van der Waals surface area contributed by atoms with Crippen molar-refractivity contribution in [3.8, 4) is 0 Å². The summed E-state index contributed by atoms with van der Waals surface area (Å²) in [6, 6.07) is 2.99. The summed E-state index contributed by atoms with van der Waals surface area (Å²) in [6.45, 7) is 0. The fraction of sp³-hybridized carbons (Fsp3) is 0. The SMILES string of the molecule is Fc1ccccc1P(F)(F)(F)F. The van der Waals surface area contributed by atoms with Crippen LogP contribution in [-0.4, -0.2) is 0 Å². The summed E-state index contributed by atoms with van der Waals surface area (Å²) in [4.78, 5) is 0. The summed E-state index contributed by atoms with van der Waals surface area (Å²) in [5.41, 5.74) is 0. The second-order valence-corrected chi connectivity index (χ2v) is 4.10. The standard InChI is InChI=1S/C6H4F5P/c7-5-3-1-2-4-6(5)12(8,9,10)11/h1-4H. The van der Waals surface area contributed by atoms with Gasteiger partial charge in [-0.2, -0.15) is 0 Å². The van der Waals surface area contributed by atoms with Crippen molar-refractivity contribution in [2.45, 2.75) is 0 Å². The van der Waals surface area contributed by atoms with Gasteiger partial charge in [0.1, 0.15) is 0 Å². The molecule has 0 atom stereocenters. The zero-order valence-corrected chi connectivity index (χ0v) is 6.54. The van der Waals surface area contributed by atoms with Gasteiger partial charge in [-0.3, -0.25) is 0 Å². The normalized spacial score (nSPS) is 15.2. The molecule has 1 aromatic carbocycles. The van der Waals surface area contributed by atoms with Crippen LogP contribution in [0.4, 0.5) is 21.2 Å². The van der Waals surface area contributed by atoms with E-state index in [0.29, 0.717) is 12.1 Å².